The van der Waals surface area contributed by atoms with Crippen LogP contribution in [0.2, 0.25) is 0 Å². The van der Waals surface area contributed by atoms with Crippen LogP contribution in [0, 0.1) is 5.92 Å². The topological polar surface area (TPSA) is 40.5 Å². The van der Waals surface area contributed by atoms with Crippen molar-refractivity contribution in [3.8, 4) is 5.75 Å². The van der Waals surface area contributed by atoms with Crippen molar-refractivity contribution >= 4 is 11.5 Å². The van der Waals surface area contributed by atoms with Gasteiger partial charge in [-0.15, -0.1) is 0 Å². The van der Waals surface area contributed by atoms with E-state index in [1.54, 1.807) is 12.1 Å². The molecule has 2 rings (SSSR count). The number of ketones is 1. The van der Waals surface area contributed by atoms with Gasteiger partial charge in [0.15, 0.2) is 5.78 Å². The molecule has 1 fully saturated rings. The van der Waals surface area contributed by atoms with E-state index in [2.05, 4.69) is 18.7 Å². The summed E-state index contributed by atoms with van der Waals surface area (Å²) >= 11 is 0. The van der Waals surface area contributed by atoms with Crippen LogP contribution >= 0.6 is 0 Å². The van der Waals surface area contributed by atoms with Crippen molar-refractivity contribution in [3.63, 3.8) is 0 Å². The Morgan fingerprint density at radius 3 is 2.56 bits per heavy atom. The minimum absolute atomic E-state index is 0.0920. The van der Waals surface area contributed by atoms with Crippen LogP contribution in [-0.2, 0) is 0 Å². The predicted molar refractivity (Wildman–Crippen MR) is 73.3 cm³/mol. The summed E-state index contributed by atoms with van der Waals surface area (Å²) in [6.45, 7) is 6.85. The second-order valence-corrected chi connectivity index (χ2v) is 5.54. The summed E-state index contributed by atoms with van der Waals surface area (Å²) < 4.78 is 0. The zero-order chi connectivity index (χ0) is 13.3. The van der Waals surface area contributed by atoms with Gasteiger partial charge in [-0.2, -0.15) is 0 Å². The molecule has 0 saturated heterocycles. The van der Waals surface area contributed by atoms with Crippen molar-refractivity contribution in [2.24, 2.45) is 5.92 Å². The molecule has 0 amide bonds. The van der Waals surface area contributed by atoms with Crippen LogP contribution in [0.3, 0.4) is 0 Å². The Morgan fingerprint density at radius 1 is 1.44 bits per heavy atom. The van der Waals surface area contributed by atoms with Crippen LogP contribution in [0.1, 0.15) is 44.0 Å². The van der Waals surface area contributed by atoms with E-state index in [1.807, 2.05) is 6.07 Å². The summed E-state index contributed by atoms with van der Waals surface area (Å²) in [5, 5.41) is 9.90. The highest BCUT2D eigenvalue weighted by Gasteiger charge is 2.29. The smallest absolute Gasteiger partial charge is 0.163 e. The van der Waals surface area contributed by atoms with E-state index in [9.17, 15) is 9.90 Å². The molecule has 1 aliphatic rings. The fourth-order valence-corrected chi connectivity index (χ4v) is 2.24. The van der Waals surface area contributed by atoms with Gasteiger partial charge in [0.1, 0.15) is 5.75 Å². The zero-order valence-electron chi connectivity index (χ0n) is 11.3. The van der Waals surface area contributed by atoms with Crippen LogP contribution in [0.5, 0.6) is 5.75 Å². The molecule has 18 heavy (non-hydrogen) atoms. The van der Waals surface area contributed by atoms with Crippen molar-refractivity contribution in [2.75, 3.05) is 11.4 Å². The van der Waals surface area contributed by atoms with Crippen LogP contribution in [0.4, 0.5) is 5.69 Å². The predicted octanol–water partition coefficient (Wildman–Crippen LogP) is 3.22. The van der Waals surface area contributed by atoms with Crippen LogP contribution < -0.4 is 4.90 Å². The number of carbonyl (C=O) groups excluding carboxylic acids is 1. The summed E-state index contributed by atoms with van der Waals surface area (Å²) in [6.07, 6.45) is 2.45. The van der Waals surface area contributed by atoms with E-state index in [-0.39, 0.29) is 11.5 Å². The minimum atomic E-state index is -0.0964. The average molecular weight is 247 g/mol. The van der Waals surface area contributed by atoms with Crippen molar-refractivity contribution in [1.29, 1.82) is 0 Å². The number of phenolic OH excluding ortho intramolecular Hbond substituents is 1. The van der Waals surface area contributed by atoms with E-state index in [4.69, 9.17) is 0 Å². The average Bonchev–Trinajstić information content (AvgIpc) is 3.08. The van der Waals surface area contributed by atoms with Gasteiger partial charge < -0.3 is 10.0 Å². The molecule has 98 valence electrons. The number of hydrogen-bond donors (Lipinski definition) is 1. The second kappa shape index (κ2) is 5.01. The van der Waals surface area contributed by atoms with Gasteiger partial charge in [-0.3, -0.25) is 4.79 Å². The molecule has 1 saturated carbocycles. The van der Waals surface area contributed by atoms with Gasteiger partial charge in [-0.25, -0.2) is 0 Å². The normalized spacial score (nSPS) is 14.9. The first kappa shape index (κ1) is 12.9. The lowest BCUT2D eigenvalue weighted by atomic mass is 10.1. The van der Waals surface area contributed by atoms with E-state index in [0.29, 0.717) is 17.5 Å². The standard InChI is InChI=1S/C15H21NO2/c1-10(2)9-16(12-4-5-12)13-6-7-14(11(3)17)15(18)8-13/h6-8,10,12,18H,4-5,9H2,1-3H3. The quantitative estimate of drug-likeness (QED) is 0.812. The molecule has 0 unspecified atom stereocenters. The van der Waals surface area contributed by atoms with Gasteiger partial charge >= 0.3 is 0 Å². The number of nitrogens with zero attached hydrogens (tertiary/aromatic N) is 1. The summed E-state index contributed by atoms with van der Waals surface area (Å²) in [7, 11) is 0. The third-order valence-corrected chi connectivity index (χ3v) is 3.24. The molecule has 0 aromatic heterocycles. The Kier molecular flexibility index (Phi) is 3.60. The van der Waals surface area contributed by atoms with Crippen molar-refractivity contribution in [3.05, 3.63) is 23.8 Å². The molecule has 3 nitrogen and oxygen atoms in total. The lowest BCUT2D eigenvalue weighted by Crippen LogP contribution is -2.29. The number of carbonyl (C=O) groups is 1. The number of benzene rings is 1. The Hall–Kier alpha value is -1.51. The SMILES string of the molecule is CC(=O)c1ccc(N(CC(C)C)C2CC2)cc1O. The highest BCUT2D eigenvalue weighted by Crippen LogP contribution is 2.34. The number of hydrogen-bond acceptors (Lipinski definition) is 3. The molecule has 1 aliphatic carbocycles. The van der Waals surface area contributed by atoms with Crippen LogP contribution in [-0.4, -0.2) is 23.5 Å². The summed E-state index contributed by atoms with van der Waals surface area (Å²) in [4.78, 5) is 13.6. The Bertz CT molecular complexity index is 450. The number of aromatic hydroxyl groups is 1. The highest BCUT2D eigenvalue weighted by atomic mass is 16.3. The first-order chi connectivity index (χ1) is 8.49. The Balaban J connectivity index is 2.25. The number of phenols is 1. The monoisotopic (exact) mass is 247 g/mol. The van der Waals surface area contributed by atoms with Gasteiger partial charge in [0.2, 0.25) is 0 Å². The number of Topliss-reactive ketones (excluding diaryl/α,β-unsaturated/α-hetero) is 1. The van der Waals surface area contributed by atoms with Crippen LogP contribution in [0.25, 0.3) is 0 Å². The third-order valence-electron chi connectivity index (χ3n) is 3.24. The molecule has 1 aromatic carbocycles. The molecule has 0 atom stereocenters. The lowest BCUT2D eigenvalue weighted by molar-refractivity contribution is 0.101. The summed E-state index contributed by atoms with van der Waals surface area (Å²) in [6, 6.07) is 5.99. The van der Waals surface area contributed by atoms with Crippen LogP contribution in [0.15, 0.2) is 18.2 Å². The molecular formula is C15H21NO2. The molecule has 1 aromatic rings. The van der Waals surface area contributed by atoms with Gasteiger partial charge in [-0.05, 0) is 37.8 Å². The highest BCUT2D eigenvalue weighted by molar-refractivity contribution is 5.97. The van der Waals surface area contributed by atoms with Crippen molar-refractivity contribution < 1.29 is 9.90 Å². The Morgan fingerprint density at radius 2 is 2.11 bits per heavy atom. The van der Waals surface area contributed by atoms with E-state index in [1.165, 1.54) is 19.8 Å². The molecule has 0 heterocycles. The lowest BCUT2D eigenvalue weighted by Gasteiger charge is -2.27. The molecule has 0 bridgehead atoms. The first-order valence-corrected chi connectivity index (χ1v) is 6.59. The largest absolute Gasteiger partial charge is 0.507 e. The van der Waals surface area contributed by atoms with Crippen molar-refractivity contribution in [2.45, 2.75) is 39.7 Å². The molecule has 0 spiro atoms. The maximum absolute atomic E-state index is 11.3. The fraction of sp³-hybridized carbons (Fsp3) is 0.533. The Labute approximate surface area is 108 Å². The van der Waals surface area contributed by atoms with Gasteiger partial charge in [-0.1, -0.05) is 13.8 Å². The van der Waals surface area contributed by atoms with Crippen molar-refractivity contribution in [1.82, 2.24) is 0 Å². The zero-order valence-corrected chi connectivity index (χ0v) is 11.3. The van der Waals surface area contributed by atoms with E-state index in [0.717, 1.165) is 12.2 Å². The van der Waals surface area contributed by atoms with E-state index < -0.39 is 0 Å². The van der Waals surface area contributed by atoms with Gasteiger partial charge in [0, 0.05) is 24.3 Å². The number of anilines is 1. The molecule has 3 heteroatoms. The van der Waals surface area contributed by atoms with E-state index >= 15 is 0 Å². The third kappa shape index (κ3) is 2.84. The second-order valence-electron chi connectivity index (χ2n) is 5.54. The minimum Gasteiger partial charge on any atom is -0.507 e. The molecule has 0 aliphatic heterocycles. The van der Waals surface area contributed by atoms with Gasteiger partial charge in [0.25, 0.3) is 0 Å². The maximum atomic E-state index is 11.3. The van der Waals surface area contributed by atoms with Gasteiger partial charge in [0.05, 0.1) is 5.56 Å². The number of rotatable bonds is 5. The summed E-state index contributed by atoms with van der Waals surface area (Å²) in [5.41, 5.74) is 1.42. The molecule has 1 N–H and O–H groups in total. The molecular weight excluding hydrogens is 226 g/mol. The maximum Gasteiger partial charge on any atom is 0.163 e. The summed E-state index contributed by atoms with van der Waals surface area (Å²) in [5.74, 6) is 0.579. The molecule has 0 radical (unpaired) electrons. The fourth-order valence-electron chi connectivity index (χ4n) is 2.24. The first-order valence-electron chi connectivity index (χ1n) is 6.59.